The smallest absolute Gasteiger partial charge is 0.0860 e. The number of nitrogens with zero attached hydrogens (tertiary/aromatic N) is 1. The lowest BCUT2D eigenvalue weighted by Gasteiger charge is -2.08. The van der Waals surface area contributed by atoms with Gasteiger partial charge in [-0.15, -0.1) is 0 Å². The van der Waals surface area contributed by atoms with Crippen molar-refractivity contribution in [3.63, 3.8) is 0 Å². The summed E-state index contributed by atoms with van der Waals surface area (Å²) in [6.45, 7) is 0. The van der Waals surface area contributed by atoms with Crippen molar-refractivity contribution in [1.29, 1.82) is 0 Å². The first-order chi connectivity index (χ1) is 7.25. The van der Waals surface area contributed by atoms with E-state index in [0.717, 1.165) is 11.1 Å². The zero-order valence-electron chi connectivity index (χ0n) is 8.02. The Bertz CT molecular complexity index is 428. The number of aromatic nitrogens is 2. The average molecular weight is 223 g/mol. The van der Waals surface area contributed by atoms with E-state index in [1.54, 1.807) is 12.4 Å². The number of rotatable bonds is 3. The number of H-pyrrole nitrogens is 1. The summed E-state index contributed by atoms with van der Waals surface area (Å²) in [5.74, 6) is 0. The Labute approximate surface area is 92.7 Å². The predicted molar refractivity (Wildman–Crippen MR) is 58.7 cm³/mol. The van der Waals surface area contributed by atoms with Crippen LogP contribution in [0.1, 0.15) is 17.2 Å². The summed E-state index contributed by atoms with van der Waals surface area (Å²) in [7, 11) is 0. The van der Waals surface area contributed by atoms with E-state index in [1.165, 1.54) is 0 Å². The van der Waals surface area contributed by atoms with Gasteiger partial charge in [-0.1, -0.05) is 23.7 Å². The third-order valence-electron chi connectivity index (χ3n) is 2.22. The molecule has 1 aromatic heterocycles. The maximum atomic E-state index is 9.85. The van der Waals surface area contributed by atoms with E-state index in [0.29, 0.717) is 11.4 Å². The van der Waals surface area contributed by atoms with E-state index in [4.69, 9.17) is 11.6 Å². The highest BCUT2D eigenvalue weighted by atomic mass is 35.5. The molecular weight excluding hydrogens is 212 g/mol. The predicted octanol–water partition coefficient (Wildman–Crippen LogP) is 2.34. The van der Waals surface area contributed by atoms with Crippen LogP contribution in [0.5, 0.6) is 0 Å². The lowest BCUT2D eigenvalue weighted by molar-refractivity contribution is 0.178. The fourth-order valence-corrected chi connectivity index (χ4v) is 1.66. The first kappa shape index (κ1) is 10.2. The molecule has 1 atom stereocenters. The highest BCUT2D eigenvalue weighted by Gasteiger charge is 2.09. The Kier molecular flexibility index (Phi) is 3.04. The second-order valence-electron chi connectivity index (χ2n) is 3.38. The number of aliphatic hydroxyl groups is 1. The Balaban J connectivity index is 2.09. The summed E-state index contributed by atoms with van der Waals surface area (Å²) in [4.78, 5) is 0. The number of aromatic amines is 1. The Hall–Kier alpha value is -1.32. The van der Waals surface area contributed by atoms with Crippen LogP contribution in [0.3, 0.4) is 0 Å². The van der Waals surface area contributed by atoms with Crippen LogP contribution < -0.4 is 0 Å². The summed E-state index contributed by atoms with van der Waals surface area (Å²) in [6, 6.07) is 7.48. The fraction of sp³-hybridized carbons (Fsp3) is 0.182. The first-order valence-electron chi connectivity index (χ1n) is 4.67. The maximum Gasteiger partial charge on any atom is 0.0860 e. The van der Waals surface area contributed by atoms with Crippen LogP contribution in [0, 0.1) is 0 Å². The van der Waals surface area contributed by atoms with Gasteiger partial charge in [0.05, 0.1) is 12.3 Å². The summed E-state index contributed by atoms with van der Waals surface area (Å²) in [5.41, 5.74) is 1.80. The number of aliphatic hydroxyl groups excluding tert-OH is 1. The molecule has 3 nitrogen and oxygen atoms in total. The van der Waals surface area contributed by atoms with Gasteiger partial charge >= 0.3 is 0 Å². The molecule has 1 heterocycles. The van der Waals surface area contributed by atoms with Gasteiger partial charge in [0.2, 0.25) is 0 Å². The monoisotopic (exact) mass is 222 g/mol. The van der Waals surface area contributed by atoms with Crippen LogP contribution in [0.2, 0.25) is 5.02 Å². The van der Waals surface area contributed by atoms with Gasteiger partial charge in [0.25, 0.3) is 0 Å². The van der Waals surface area contributed by atoms with Gasteiger partial charge in [0, 0.05) is 23.2 Å². The summed E-state index contributed by atoms with van der Waals surface area (Å²) < 4.78 is 0. The minimum absolute atomic E-state index is 0.540. The Morgan fingerprint density at radius 1 is 1.47 bits per heavy atom. The highest BCUT2D eigenvalue weighted by molar-refractivity contribution is 6.30. The second kappa shape index (κ2) is 4.47. The molecule has 2 aromatic rings. The van der Waals surface area contributed by atoms with Gasteiger partial charge in [-0.2, -0.15) is 5.10 Å². The fourth-order valence-electron chi connectivity index (χ4n) is 1.45. The van der Waals surface area contributed by atoms with E-state index in [9.17, 15) is 5.11 Å². The molecule has 4 heteroatoms. The van der Waals surface area contributed by atoms with E-state index in [1.807, 2.05) is 24.3 Å². The maximum absolute atomic E-state index is 9.85. The molecule has 2 rings (SSSR count). The molecule has 0 aliphatic carbocycles. The van der Waals surface area contributed by atoms with Crippen LogP contribution in [-0.4, -0.2) is 15.3 Å². The molecule has 2 N–H and O–H groups in total. The van der Waals surface area contributed by atoms with Gasteiger partial charge in [-0.3, -0.25) is 5.10 Å². The molecule has 0 fully saturated rings. The van der Waals surface area contributed by atoms with Gasteiger partial charge in [-0.05, 0) is 17.7 Å². The van der Waals surface area contributed by atoms with Crippen molar-refractivity contribution in [2.45, 2.75) is 12.5 Å². The van der Waals surface area contributed by atoms with Crippen molar-refractivity contribution in [3.05, 3.63) is 52.8 Å². The molecule has 78 valence electrons. The molecule has 0 radical (unpaired) electrons. The molecule has 0 saturated heterocycles. The number of benzene rings is 1. The SMILES string of the molecule is OC(Cc1cccc(Cl)c1)c1cn[nH]c1. The summed E-state index contributed by atoms with van der Waals surface area (Å²) in [5, 5.41) is 17.0. The summed E-state index contributed by atoms with van der Waals surface area (Å²) in [6.07, 6.45) is 3.31. The molecule has 0 spiro atoms. The number of hydrogen-bond acceptors (Lipinski definition) is 2. The zero-order valence-corrected chi connectivity index (χ0v) is 8.78. The molecule has 1 unspecified atom stereocenters. The quantitative estimate of drug-likeness (QED) is 0.838. The van der Waals surface area contributed by atoms with Crippen LogP contribution in [0.15, 0.2) is 36.7 Å². The average Bonchev–Trinajstić information content (AvgIpc) is 2.70. The highest BCUT2D eigenvalue weighted by Crippen LogP contribution is 2.19. The van der Waals surface area contributed by atoms with Gasteiger partial charge in [0.1, 0.15) is 0 Å². The van der Waals surface area contributed by atoms with Gasteiger partial charge in [0.15, 0.2) is 0 Å². The summed E-state index contributed by atoms with van der Waals surface area (Å²) >= 11 is 5.85. The van der Waals surface area contributed by atoms with E-state index in [-0.39, 0.29) is 0 Å². The number of hydrogen-bond donors (Lipinski definition) is 2. The van der Waals surface area contributed by atoms with Gasteiger partial charge < -0.3 is 5.11 Å². The third-order valence-corrected chi connectivity index (χ3v) is 2.46. The van der Waals surface area contributed by atoms with Crippen LogP contribution >= 0.6 is 11.6 Å². The molecule has 0 bridgehead atoms. The van der Waals surface area contributed by atoms with Crippen LogP contribution in [0.4, 0.5) is 0 Å². The minimum Gasteiger partial charge on any atom is -0.388 e. The van der Waals surface area contributed by atoms with Crippen molar-refractivity contribution in [3.8, 4) is 0 Å². The molecule has 1 aromatic carbocycles. The van der Waals surface area contributed by atoms with E-state index >= 15 is 0 Å². The van der Waals surface area contributed by atoms with Crippen LogP contribution in [-0.2, 0) is 6.42 Å². The van der Waals surface area contributed by atoms with Gasteiger partial charge in [-0.25, -0.2) is 0 Å². The topological polar surface area (TPSA) is 48.9 Å². The van der Waals surface area contributed by atoms with Crippen molar-refractivity contribution in [1.82, 2.24) is 10.2 Å². The second-order valence-corrected chi connectivity index (χ2v) is 3.82. The molecular formula is C11H11ClN2O. The Morgan fingerprint density at radius 2 is 2.33 bits per heavy atom. The lowest BCUT2D eigenvalue weighted by Crippen LogP contribution is -2.00. The van der Waals surface area contributed by atoms with E-state index in [2.05, 4.69) is 10.2 Å². The van der Waals surface area contributed by atoms with Crippen molar-refractivity contribution < 1.29 is 5.11 Å². The largest absolute Gasteiger partial charge is 0.388 e. The van der Waals surface area contributed by atoms with Crippen molar-refractivity contribution in [2.24, 2.45) is 0 Å². The molecule has 15 heavy (non-hydrogen) atoms. The lowest BCUT2D eigenvalue weighted by atomic mass is 10.0. The zero-order chi connectivity index (χ0) is 10.7. The van der Waals surface area contributed by atoms with Crippen molar-refractivity contribution in [2.75, 3.05) is 0 Å². The van der Waals surface area contributed by atoms with Crippen molar-refractivity contribution >= 4 is 11.6 Å². The molecule has 0 aliphatic heterocycles. The standard InChI is InChI=1S/C11H11ClN2O/c12-10-3-1-2-8(4-10)5-11(15)9-6-13-14-7-9/h1-4,6-7,11,15H,5H2,(H,13,14). The third kappa shape index (κ3) is 2.58. The molecule has 0 saturated carbocycles. The normalized spacial score (nSPS) is 12.7. The number of nitrogens with one attached hydrogen (secondary N) is 1. The molecule has 0 amide bonds. The number of halogens is 1. The van der Waals surface area contributed by atoms with E-state index < -0.39 is 6.10 Å². The Morgan fingerprint density at radius 3 is 3.00 bits per heavy atom. The molecule has 0 aliphatic rings. The van der Waals surface area contributed by atoms with Crippen LogP contribution in [0.25, 0.3) is 0 Å². The first-order valence-corrected chi connectivity index (χ1v) is 5.04. The minimum atomic E-state index is -0.540.